The average Bonchev–Trinajstić information content (AvgIpc) is 2.43. The lowest BCUT2D eigenvalue weighted by atomic mass is 10.1. The topological polar surface area (TPSA) is 66.6 Å². The molecule has 0 saturated carbocycles. The predicted octanol–water partition coefficient (Wildman–Crippen LogP) is 0.686. The lowest BCUT2D eigenvalue weighted by Gasteiger charge is -2.26. The maximum atomic E-state index is 12.3. The van der Waals surface area contributed by atoms with Gasteiger partial charge in [0.2, 0.25) is 0 Å². The summed E-state index contributed by atoms with van der Waals surface area (Å²) in [6.07, 6.45) is 0.692. The van der Waals surface area contributed by atoms with Crippen LogP contribution in [0, 0.1) is 0 Å². The van der Waals surface area contributed by atoms with E-state index in [1.807, 2.05) is 37.3 Å². The Hall–Kier alpha value is -0.950. The van der Waals surface area contributed by atoms with Gasteiger partial charge < -0.3 is 5.73 Å². The minimum absolute atomic E-state index is 0.325. The first-order chi connectivity index (χ1) is 9.02. The van der Waals surface area contributed by atoms with Crippen molar-refractivity contribution in [1.29, 1.82) is 0 Å². The molecule has 0 radical (unpaired) electrons. The quantitative estimate of drug-likeness (QED) is 0.764. The van der Waals surface area contributed by atoms with Crippen LogP contribution in [0.25, 0.3) is 0 Å². The summed E-state index contributed by atoms with van der Waals surface area (Å²) in [5.41, 5.74) is 6.64. The molecule has 0 fully saturated rings. The minimum atomic E-state index is -3.40. The highest BCUT2D eigenvalue weighted by Gasteiger charge is 2.24. The Morgan fingerprint density at radius 1 is 1.16 bits per heavy atom. The molecule has 0 bridgehead atoms. The van der Waals surface area contributed by atoms with Crippen LogP contribution >= 0.6 is 0 Å². The Kier molecular flexibility index (Phi) is 6.44. The Bertz CT molecular complexity index is 462. The van der Waals surface area contributed by atoms with Crippen molar-refractivity contribution < 1.29 is 8.42 Å². The second kappa shape index (κ2) is 7.59. The summed E-state index contributed by atoms with van der Waals surface area (Å²) in [5.74, 6) is 0. The summed E-state index contributed by atoms with van der Waals surface area (Å²) >= 11 is 0. The van der Waals surface area contributed by atoms with Crippen LogP contribution < -0.4 is 5.73 Å². The van der Waals surface area contributed by atoms with Gasteiger partial charge in [0.05, 0.1) is 0 Å². The van der Waals surface area contributed by atoms with E-state index >= 15 is 0 Å². The average molecular weight is 285 g/mol. The van der Waals surface area contributed by atoms with E-state index in [0.717, 1.165) is 5.56 Å². The van der Waals surface area contributed by atoms with E-state index in [0.29, 0.717) is 32.6 Å². The zero-order chi connectivity index (χ0) is 14.3. The van der Waals surface area contributed by atoms with Crippen LogP contribution in [0.1, 0.15) is 12.5 Å². The number of hydrogen-bond acceptors (Lipinski definition) is 3. The Morgan fingerprint density at radius 2 is 1.79 bits per heavy atom. The molecule has 5 nitrogen and oxygen atoms in total. The molecule has 0 saturated heterocycles. The molecule has 0 aliphatic heterocycles. The molecule has 1 aromatic carbocycles. The third kappa shape index (κ3) is 4.58. The van der Waals surface area contributed by atoms with Crippen LogP contribution in [0.5, 0.6) is 0 Å². The van der Waals surface area contributed by atoms with Crippen LogP contribution in [-0.4, -0.2) is 50.3 Å². The van der Waals surface area contributed by atoms with Crippen molar-refractivity contribution in [2.75, 3.05) is 33.2 Å². The molecular formula is C13H23N3O2S. The van der Waals surface area contributed by atoms with Crippen molar-refractivity contribution in [2.45, 2.75) is 13.3 Å². The Morgan fingerprint density at radius 3 is 2.32 bits per heavy atom. The van der Waals surface area contributed by atoms with E-state index in [2.05, 4.69) is 0 Å². The number of hydrogen-bond donors (Lipinski definition) is 1. The smallest absolute Gasteiger partial charge is 0.281 e. The number of rotatable bonds is 8. The minimum Gasteiger partial charge on any atom is -0.329 e. The lowest BCUT2D eigenvalue weighted by molar-refractivity contribution is 0.370. The summed E-state index contributed by atoms with van der Waals surface area (Å²) < 4.78 is 27.3. The van der Waals surface area contributed by atoms with Gasteiger partial charge in [-0.05, 0) is 12.0 Å². The van der Waals surface area contributed by atoms with Gasteiger partial charge in [-0.1, -0.05) is 37.3 Å². The fourth-order valence-electron chi connectivity index (χ4n) is 1.75. The molecule has 0 aromatic heterocycles. The zero-order valence-electron chi connectivity index (χ0n) is 11.6. The van der Waals surface area contributed by atoms with Crippen molar-refractivity contribution in [3.63, 3.8) is 0 Å². The lowest BCUT2D eigenvalue weighted by Crippen LogP contribution is -2.44. The van der Waals surface area contributed by atoms with E-state index in [4.69, 9.17) is 5.73 Å². The summed E-state index contributed by atoms with van der Waals surface area (Å²) in [6.45, 7) is 3.39. The number of nitrogens with two attached hydrogens (primary N) is 1. The normalized spacial score (nSPS) is 12.3. The standard InChI is InChI=1S/C13H23N3O2S/c1-3-15(2)19(17,18)16(12-10-14)11-9-13-7-5-4-6-8-13/h4-8H,3,9-12,14H2,1-2H3. The highest BCUT2D eigenvalue weighted by atomic mass is 32.2. The molecule has 0 aliphatic rings. The van der Waals surface area contributed by atoms with Crippen molar-refractivity contribution >= 4 is 10.2 Å². The van der Waals surface area contributed by atoms with Gasteiger partial charge in [-0.3, -0.25) is 0 Å². The maximum absolute atomic E-state index is 12.3. The van der Waals surface area contributed by atoms with Crippen LogP contribution in [0.2, 0.25) is 0 Å². The molecule has 0 spiro atoms. The molecule has 0 amide bonds. The summed E-state index contributed by atoms with van der Waals surface area (Å²) in [7, 11) is -1.81. The van der Waals surface area contributed by atoms with Gasteiger partial charge in [0.25, 0.3) is 10.2 Å². The second-order valence-corrected chi connectivity index (χ2v) is 6.38. The third-order valence-corrected chi connectivity index (χ3v) is 5.10. The fourth-order valence-corrected chi connectivity index (χ4v) is 3.12. The van der Waals surface area contributed by atoms with Gasteiger partial charge in [0.15, 0.2) is 0 Å². The summed E-state index contributed by atoms with van der Waals surface area (Å²) in [6, 6.07) is 9.85. The molecule has 0 heterocycles. The molecule has 6 heteroatoms. The zero-order valence-corrected chi connectivity index (χ0v) is 12.4. The molecule has 1 aromatic rings. The summed E-state index contributed by atoms with van der Waals surface area (Å²) in [5, 5.41) is 0. The van der Waals surface area contributed by atoms with Crippen LogP contribution in [-0.2, 0) is 16.6 Å². The van der Waals surface area contributed by atoms with Gasteiger partial charge in [0, 0.05) is 33.2 Å². The predicted molar refractivity (Wildman–Crippen MR) is 78.0 cm³/mol. The Balaban J connectivity index is 2.73. The van der Waals surface area contributed by atoms with Crippen molar-refractivity contribution in [3.8, 4) is 0 Å². The van der Waals surface area contributed by atoms with Crippen LogP contribution in [0.4, 0.5) is 0 Å². The molecule has 0 unspecified atom stereocenters. The van der Waals surface area contributed by atoms with E-state index in [1.165, 1.54) is 8.61 Å². The first kappa shape index (κ1) is 16.1. The van der Waals surface area contributed by atoms with Gasteiger partial charge in [-0.25, -0.2) is 0 Å². The number of nitrogens with zero attached hydrogens (tertiary/aromatic N) is 2. The largest absolute Gasteiger partial charge is 0.329 e. The molecular weight excluding hydrogens is 262 g/mol. The SMILES string of the molecule is CCN(C)S(=O)(=O)N(CCN)CCc1ccccc1. The summed E-state index contributed by atoms with van der Waals surface area (Å²) in [4.78, 5) is 0. The van der Waals surface area contributed by atoms with E-state index in [9.17, 15) is 8.42 Å². The second-order valence-electron chi connectivity index (χ2n) is 4.35. The van der Waals surface area contributed by atoms with E-state index in [-0.39, 0.29) is 0 Å². The monoisotopic (exact) mass is 285 g/mol. The van der Waals surface area contributed by atoms with Crippen molar-refractivity contribution in [1.82, 2.24) is 8.61 Å². The molecule has 1 rings (SSSR count). The van der Waals surface area contributed by atoms with Crippen molar-refractivity contribution in [2.24, 2.45) is 5.73 Å². The van der Waals surface area contributed by atoms with Crippen LogP contribution in [0.3, 0.4) is 0 Å². The van der Waals surface area contributed by atoms with E-state index in [1.54, 1.807) is 7.05 Å². The highest BCUT2D eigenvalue weighted by molar-refractivity contribution is 7.86. The van der Waals surface area contributed by atoms with Gasteiger partial charge in [-0.2, -0.15) is 17.0 Å². The first-order valence-corrected chi connectivity index (χ1v) is 7.87. The maximum Gasteiger partial charge on any atom is 0.281 e. The first-order valence-electron chi connectivity index (χ1n) is 6.47. The highest BCUT2D eigenvalue weighted by Crippen LogP contribution is 2.08. The van der Waals surface area contributed by atoms with Gasteiger partial charge in [-0.15, -0.1) is 0 Å². The van der Waals surface area contributed by atoms with Gasteiger partial charge >= 0.3 is 0 Å². The third-order valence-electron chi connectivity index (χ3n) is 3.04. The molecule has 0 atom stereocenters. The molecule has 19 heavy (non-hydrogen) atoms. The molecule has 0 aliphatic carbocycles. The van der Waals surface area contributed by atoms with Crippen LogP contribution in [0.15, 0.2) is 30.3 Å². The van der Waals surface area contributed by atoms with Crippen molar-refractivity contribution in [3.05, 3.63) is 35.9 Å². The Labute approximate surface area is 116 Å². The van der Waals surface area contributed by atoms with Gasteiger partial charge in [0.1, 0.15) is 0 Å². The molecule has 108 valence electrons. The molecule has 2 N–H and O–H groups in total. The number of benzene rings is 1. The fraction of sp³-hybridized carbons (Fsp3) is 0.538. The van der Waals surface area contributed by atoms with E-state index < -0.39 is 10.2 Å².